The van der Waals surface area contributed by atoms with Gasteiger partial charge in [0.05, 0.1) is 11.9 Å². The second-order valence-corrected chi connectivity index (χ2v) is 7.77. The molecular formula is C24H25FN5O+. The summed E-state index contributed by atoms with van der Waals surface area (Å²) in [6.45, 7) is 3.09. The van der Waals surface area contributed by atoms with E-state index in [1.165, 1.54) is 6.07 Å². The number of H-pyrrole nitrogens is 1. The van der Waals surface area contributed by atoms with Crippen LogP contribution in [0.3, 0.4) is 0 Å². The molecule has 7 heteroatoms. The lowest BCUT2D eigenvalue weighted by Crippen LogP contribution is -2.37. The van der Waals surface area contributed by atoms with E-state index in [0.717, 1.165) is 34.4 Å². The molecule has 0 saturated heterocycles. The number of carbonyl (C=O) groups excluding carboxylic acids is 1. The van der Waals surface area contributed by atoms with Gasteiger partial charge in [-0.3, -0.25) is 9.78 Å². The van der Waals surface area contributed by atoms with Crippen LogP contribution in [0.1, 0.15) is 16.2 Å². The zero-order valence-electron chi connectivity index (χ0n) is 17.8. The molecule has 31 heavy (non-hydrogen) atoms. The van der Waals surface area contributed by atoms with E-state index in [9.17, 15) is 9.18 Å². The molecule has 0 radical (unpaired) electrons. The number of nitrogens with zero attached hydrogens (tertiary/aromatic N) is 3. The second kappa shape index (κ2) is 8.65. The first-order valence-corrected chi connectivity index (χ1v) is 10.1. The molecule has 0 fully saturated rings. The van der Waals surface area contributed by atoms with E-state index >= 15 is 0 Å². The van der Waals surface area contributed by atoms with Crippen molar-refractivity contribution in [2.24, 2.45) is 0 Å². The first-order chi connectivity index (χ1) is 14.9. The summed E-state index contributed by atoms with van der Waals surface area (Å²) in [7, 11) is 3.93. The standard InChI is InChI=1S/C24H24FN5O/c1-16-13-18(6-7-21(16)25)22-20(5-4-9-26-22)17-8-11-30-19(14-17)15-28-23(30)24(31)27-10-12-29(2)3/h4-9,11,13-15H,10,12H2,1-3H3,(H,27,31)/p+1. The average molecular weight is 418 g/mol. The van der Waals surface area contributed by atoms with E-state index in [2.05, 4.69) is 15.3 Å². The molecule has 0 aliphatic heterocycles. The number of fused-ring (bicyclic) bond motifs is 1. The average Bonchev–Trinajstić information content (AvgIpc) is 3.19. The SMILES string of the molecule is Cc1cc(-c2ncccc2-c2cc[n+]3c(C(=O)NCCN(C)C)[nH]cc3c2)ccc1F. The third kappa shape index (κ3) is 4.32. The maximum absolute atomic E-state index is 13.7. The van der Waals surface area contributed by atoms with Crippen molar-refractivity contribution in [3.05, 3.63) is 78.3 Å². The van der Waals surface area contributed by atoms with Gasteiger partial charge < -0.3 is 10.2 Å². The molecule has 2 N–H and O–H groups in total. The van der Waals surface area contributed by atoms with E-state index < -0.39 is 0 Å². The Morgan fingerprint density at radius 1 is 1.19 bits per heavy atom. The smallest absolute Gasteiger partial charge is 0.344 e. The number of aromatic nitrogens is 3. The fourth-order valence-electron chi connectivity index (χ4n) is 3.52. The van der Waals surface area contributed by atoms with Gasteiger partial charge in [0.1, 0.15) is 12.0 Å². The van der Waals surface area contributed by atoms with E-state index in [0.29, 0.717) is 17.9 Å². The number of aromatic amines is 1. The number of benzene rings is 1. The van der Waals surface area contributed by atoms with E-state index in [4.69, 9.17) is 0 Å². The van der Waals surface area contributed by atoms with Crippen LogP contribution >= 0.6 is 0 Å². The van der Waals surface area contributed by atoms with Crippen LogP contribution in [0.5, 0.6) is 0 Å². The Morgan fingerprint density at radius 2 is 2.03 bits per heavy atom. The first-order valence-electron chi connectivity index (χ1n) is 10.1. The Morgan fingerprint density at radius 3 is 2.81 bits per heavy atom. The van der Waals surface area contributed by atoms with Gasteiger partial charge in [-0.2, -0.15) is 4.40 Å². The van der Waals surface area contributed by atoms with Gasteiger partial charge in [-0.25, -0.2) is 9.37 Å². The van der Waals surface area contributed by atoms with Crippen LogP contribution in [0.2, 0.25) is 0 Å². The summed E-state index contributed by atoms with van der Waals surface area (Å²) in [5.41, 5.74) is 4.98. The number of aryl methyl sites for hydroxylation is 1. The molecule has 4 rings (SSSR count). The van der Waals surface area contributed by atoms with Crippen LogP contribution in [0.4, 0.5) is 4.39 Å². The van der Waals surface area contributed by atoms with Crippen molar-refractivity contribution < 1.29 is 13.6 Å². The highest BCUT2D eigenvalue weighted by Gasteiger charge is 2.21. The van der Waals surface area contributed by atoms with Crippen molar-refractivity contribution in [2.75, 3.05) is 27.2 Å². The van der Waals surface area contributed by atoms with Crippen LogP contribution in [-0.4, -0.2) is 48.0 Å². The first kappa shape index (κ1) is 20.7. The van der Waals surface area contributed by atoms with Gasteiger partial charge in [0.25, 0.3) is 0 Å². The van der Waals surface area contributed by atoms with Crippen molar-refractivity contribution in [2.45, 2.75) is 6.92 Å². The largest absolute Gasteiger partial charge is 0.350 e. The molecule has 3 heterocycles. The molecule has 3 aromatic heterocycles. The van der Waals surface area contributed by atoms with Crippen LogP contribution in [0.15, 0.2) is 61.1 Å². The minimum absolute atomic E-state index is 0.154. The summed E-state index contributed by atoms with van der Waals surface area (Å²) >= 11 is 0. The maximum atomic E-state index is 13.7. The Labute approximate surface area is 180 Å². The minimum Gasteiger partial charge on any atom is -0.344 e. The Kier molecular flexibility index (Phi) is 5.77. The van der Waals surface area contributed by atoms with Gasteiger partial charge in [-0.15, -0.1) is 0 Å². The van der Waals surface area contributed by atoms with E-state index in [1.54, 1.807) is 25.3 Å². The van der Waals surface area contributed by atoms with Crippen molar-refractivity contribution in [1.29, 1.82) is 0 Å². The predicted octanol–water partition coefficient (Wildman–Crippen LogP) is 3.22. The van der Waals surface area contributed by atoms with Crippen molar-refractivity contribution >= 4 is 11.4 Å². The Bertz CT molecular complexity index is 1250. The van der Waals surface area contributed by atoms with Crippen LogP contribution in [0.25, 0.3) is 27.9 Å². The molecule has 6 nitrogen and oxygen atoms in total. The van der Waals surface area contributed by atoms with Gasteiger partial charge >= 0.3 is 11.7 Å². The van der Waals surface area contributed by atoms with Gasteiger partial charge in [0, 0.05) is 30.4 Å². The Hall–Kier alpha value is -3.58. The van der Waals surface area contributed by atoms with Crippen molar-refractivity contribution in [1.82, 2.24) is 20.2 Å². The molecule has 4 aromatic rings. The monoisotopic (exact) mass is 418 g/mol. The summed E-state index contributed by atoms with van der Waals surface area (Å²) in [5.74, 6) is 0.0853. The quantitative estimate of drug-likeness (QED) is 0.473. The molecule has 0 unspecified atom stereocenters. The molecule has 0 aliphatic carbocycles. The summed E-state index contributed by atoms with van der Waals surface area (Å²) in [6.07, 6.45) is 5.41. The fraction of sp³-hybridized carbons (Fsp3) is 0.208. The predicted molar refractivity (Wildman–Crippen MR) is 118 cm³/mol. The molecular weight excluding hydrogens is 393 g/mol. The highest BCUT2D eigenvalue weighted by atomic mass is 19.1. The van der Waals surface area contributed by atoms with E-state index in [-0.39, 0.29) is 11.7 Å². The molecule has 1 amide bonds. The lowest BCUT2D eigenvalue weighted by Gasteiger charge is -2.10. The second-order valence-electron chi connectivity index (χ2n) is 7.77. The normalized spacial score (nSPS) is 11.3. The number of amides is 1. The number of imidazole rings is 1. The third-order valence-electron chi connectivity index (χ3n) is 5.19. The third-order valence-corrected chi connectivity index (χ3v) is 5.19. The number of hydrogen-bond acceptors (Lipinski definition) is 3. The molecule has 0 spiro atoms. The topological polar surface area (TPSA) is 65.1 Å². The van der Waals surface area contributed by atoms with Crippen molar-refractivity contribution in [3.8, 4) is 22.4 Å². The molecule has 1 aromatic carbocycles. The highest BCUT2D eigenvalue weighted by Crippen LogP contribution is 2.31. The summed E-state index contributed by atoms with van der Waals surface area (Å²) in [4.78, 5) is 22.2. The number of likely N-dealkylation sites (N-methyl/N-ethyl adjacent to an activating group) is 1. The highest BCUT2D eigenvalue weighted by molar-refractivity contribution is 5.89. The summed E-state index contributed by atoms with van der Waals surface area (Å²) in [6, 6.07) is 12.9. The molecule has 0 aliphatic rings. The number of carbonyl (C=O) groups is 1. The van der Waals surface area contributed by atoms with Gasteiger partial charge in [0.2, 0.25) is 0 Å². The zero-order valence-corrected chi connectivity index (χ0v) is 17.8. The van der Waals surface area contributed by atoms with Crippen molar-refractivity contribution in [3.63, 3.8) is 0 Å². The number of pyridine rings is 2. The van der Waals surface area contributed by atoms with Gasteiger partial charge in [-0.1, -0.05) is 6.07 Å². The van der Waals surface area contributed by atoms with Crippen LogP contribution in [0, 0.1) is 12.7 Å². The summed E-state index contributed by atoms with van der Waals surface area (Å²) < 4.78 is 15.6. The number of rotatable bonds is 6. The lowest BCUT2D eigenvalue weighted by molar-refractivity contribution is -0.514. The van der Waals surface area contributed by atoms with Crippen LogP contribution in [-0.2, 0) is 0 Å². The van der Waals surface area contributed by atoms with E-state index in [1.807, 2.05) is 60.1 Å². The number of nitrogens with one attached hydrogen (secondary N) is 2. The minimum atomic E-state index is -0.234. The molecule has 0 saturated carbocycles. The fourth-order valence-corrected chi connectivity index (χ4v) is 3.52. The molecule has 0 bridgehead atoms. The van der Waals surface area contributed by atoms with Crippen LogP contribution < -0.4 is 9.72 Å². The number of hydrogen-bond donors (Lipinski definition) is 2. The van der Waals surface area contributed by atoms with Gasteiger partial charge in [-0.05, 0) is 68.5 Å². The molecule has 158 valence electrons. The zero-order chi connectivity index (χ0) is 22.0. The van der Waals surface area contributed by atoms with Gasteiger partial charge in [0.15, 0.2) is 5.52 Å². The number of halogens is 1. The maximum Gasteiger partial charge on any atom is 0.350 e. The summed E-state index contributed by atoms with van der Waals surface area (Å²) in [5, 5.41) is 2.92. The Balaban J connectivity index is 1.67. The lowest BCUT2D eigenvalue weighted by atomic mass is 9.99. The molecule has 0 atom stereocenters.